The predicted octanol–water partition coefficient (Wildman–Crippen LogP) is 4.85. The summed E-state index contributed by atoms with van der Waals surface area (Å²) in [6, 6.07) is 16.4. The zero-order valence-electron chi connectivity index (χ0n) is 14.8. The van der Waals surface area contributed by atoms with Gasteiger partial charge in [-0.25, -0.2) is 0 Å². The first-order valence-electron chi connectivity index (χ1n) is 8.99. The monoisotopic (exact) mass is 367 g/mol. The number of hydrogen-bond donors (Lipinski definition) is 2. The number of halogens is 1. The summed E-state index contributed by atoms with van der Waals surface area (Å²) >= 11 is 6.03. The summed E-state index contributed by atoms with van der Waals surface area (Å²) in [5, 5.41) is 5.22. The van der Waals surface area contributed by atoms with Crippen molar-refractivity contribution in [3.63, 3.8) is 0 Å². The number of carbonyl (C=O) groups is 1. The lowest BCUT2D eigenvalue weighted by Gasteiger charge is -2.32. The molecule has 2 aromatic carbocycles. The number of likely N-dealkylation sites (tertiary alicyclic amines) is 1. The van der Waals surface area contributed by atoms with E-state index in [2.05, 4.69) is 41.5 Å². The Balaban J connectivity index is 1.38. The van der Waals surface area contributed by atoms with Crippen LogP contribution in [0.5, 0.6) is 0 Å². The van der Waals surface area contributed by atoms with Crippen LogP contribution in [-0.2, 0) is 0 Å². The Morgan fingerprint density at radius 2 is 1.85 bits per heavy atom. The first-order valence-corrected chi connectivity index (χ1v) is 9.37. The number of carbonyl (C=O) groups excluding carboxylic acids is 1. The van der Waals surface area contributed by atoms with Crippen LogP contribution in [0.4, 0.5) is 5.69 Å². The number of H-pyrrole nitrogens is 1. The average Bonchev–Trinajstić information content (AvgIpc) is 3.07. The minimum atomic E-state index is 0.0612. The van der Waals surface area contributed by atoms with E-state index in [0.29, 0.717) is 16.8 Å². The molecule has 0 aliphatic carbocycles. The first-order chi connectivity index (χ1) is 12.6. The molecule has 1 aromatic heterocycles. The van der Waals surface area contributed by atoms with Gasteiger partial charge < -0.3 is 15.2 Å². The van der Waals surface area contributed by atoms with Crippen molar-refractivity contribution in [2.24, 2.45) is 0 Å². The quantitative estimate of drug-likeness (QED) is 0.695. The minimum absolute atomic E-state index is 0.0612. The number of aryl methyl sites for hydroxylation is 1. The van der Waals surface area contributed by atoms with Crippen LogP contribution in [0.25, 0.3) is 10.9 Å². The fourth-order valence-electron chi connectivity index (χ4n) is 3.50. The molecule has 26 heavy (non-hydrogen) atoms. The van der Waals surface area contributed by atoms with E-state index in [4.69, 9.17) is 11.6 Å². The lowest BCUT2D eigenvalue weighted by atomic mass is 10.0. The number of hydrogen-bond acceptors (Lipinski definition) is 2. The minimum Gasteiger partial charge on any atom is -0.382 e. The van der Waals surface area contributed by atoms with Crippen molar-refractivity contribution in [2.45, 2.75) is 25.8 Å². The number of nitrogens with one attached hydrogen (secondary N) is 2. The first kappa shape index (κ1) is 17.0. The SMILES string of the molecule is Cc1ccc(NC2CCN(C(=O)c3cc4cc(Cl)ccc4[nH]3)CC2)cc1. The summed E-state index contributed by atoms with van der Waals surface area (Å²) in [6.07, 6.45) is 1.90. The smallest absolute Gasteiger partial charge is 0.270 e. The second-order valence-electron chi connectivity index (χ2n) is 6.99. The summed E-state index contributed by atoms with van der Waals surface area (Å²) in [5.74, 6) is 0.0612. The Morgan fingerprint density at radius 3 is 2.58 bits per heavy atom. The Labute approximate surface area is 158 Å². The standard InChI is InChI=1S/C21H22ClN3O/c1-14-2-5-17(6-3-14)23-18-8-10-25(11-9-18)21(26)20-13-15-12-16(22)4-7-19(15)24-20/h2-7,12-13,18,23-24H,8-11H2,1H3. The van der Waals surface area contributed by atoms with Gasteiger partial charge >= 0.3 is 0 Å². The number of fused-ring (bicyclic) bond motifs is 1. The van der Waals surface area contributed by atoms with Gasteiger partial charge in [0.2, 0.25) is 0 Å². The van der Waals surface area contributed by atoms with E-state index < -0.39 is 0 Å². The van der Waals surface area contributed by atoms with E-state index in [1.54, 1.807) is 0 Å². The van der Waals surface area contributed by atoms with Gasteiger partial charge in [-0.2, -0.15) is 0 Å². The van der Waals surface area contributed by atoms with Gasteiger partial charge in [-0.3, -0.25) is 4.79 Å². The molecule has 4 rings (SSSR count). The fraction of sp³-hybridized carbons (Fsp3) is 0.286. The van der Waals surface area contributed by atoms with Crippen LogP contribution in [0.1, 0.15) is 28.9 Å². The third-order valence-electron chi connectivity index (χ3n) is 5.02. The molecular weight excluding hydrogens is 346 g/mol. The molecule has 0 radical (unpaired) electrons. The summed E-state index contributed by atoms with van der Waals surface area (Å²) in [6.45, 7) is 3.61. The van der Waals surface area contributed by atoms with Crippen molar-refractivity contribution >= 4 is 34.1 Å². The zero-order valence-corrected chi connectivity index (χ0v) is 15.5. The van der Waals surface area contributed by atoms with Gasteiger partial charge in [0, 0.05) is 40.7 Å². The summed E-state index contributed by atoms with van der Waals surface area (Å²) < 4.78 is 0. The lowest BCUT2D eigenvalue weighted by molar-refractivity contribution is 0.0713. The Morgan fingerprint density at radius 1 is 1.12 bits per heavy atom. The van der Waals surface area contributed by atoms with Gasteiger partial charge in [0.15, 0.2) is 0 Å². The van der Waals surface area contributed by atoms with Crippen molar-refractivity contribution in [2.75, 3.05) is 18.4 Å². The number of rotatable bonds is 3. The molecule has 3 aromatic rings. The largest absolute Gasteiger partial charge is 0.382 e. The number of aromatic amines is 1. The van der Waals surface area contributed by atoms with Crippen molar-refractivity contribution in [3.05, 3.63) is 64.8 Å². The predicted molar refractivity (Wildman–Crippen MR) is 107 cm³/mol. The molecule has 0 unspecified atom stereocenters. The molecule has 0 saturated carbocycles. The number of benzene rings is 2. The number of aromatic nitrogens is 1. The van der Waals surface area contributed by atoms with Gasteiger partial charge in [0.05, 0.1) is 0 Å². The topological polar surface area (TPSA) is 48.1 Å². The van der Waals surface area contributed by atoms with Crippen LogP contribution < -0.4 is 5.32 Å². The zero-order chi connectivity index (χ0) is 18.1. The second kappa shape index (κ2) is 7.04. The summed E-state index contributed by atoms with van der Waals surface area (Å²) in [7, 11) is 0. The molecule has 0 spiro atoms. The van der Waals surface area contributed by atoms with Crippen molar-refractivity contribution < 1.29 is 4.79 Å². The van der Waals surface area contributed by atoms with E-state index in [0.717, 1.165) is 42.5 Å². The highest BCUT2D eigenvalue weighted by Crippen LogP contribution is 2.23. The van der Waals surface area contributed by atoms with Crippen molar-refractivity contribution in [3.8, 4) is 0 Å². The molecule has 1 saturated heterocycles. The number of anilines is 1. The molecule has 4 nitrogen and oxygen atoms in total. The number of nitrogens with zero attached hydrogens (tertiary/aromatic N) is 1. The third-order valence-corrected chi connectivity index (χ3v) is 5.25. The molecule has 2 N–H and O–H groups in total. The maximum Gasteiger partial charge on any atom is 0.270 e. The van der Waals surface area contributed by atoms with Gasteiger partial charge in [0.25, 0.3) is 5.91 Å². The molecular formula is C21H22ClN3O. The van der Waals surface area contributed by atoms with Crippen LogP contribution in [-0.4, -0.2) is 34.9 Å². The molecule has 1 aliphatic heterocycles. The van der Waals surface area contributed by atoms with E-state index in [9.17, 15) is 4.79 Å². The van der Waals surface area contributed by atoms with Gasteiger partial charge in [-0.1, -0.05) is 29.3 Å². The van der Waals surface area contributed by atoms with E-state index in [1.807, 2.05) is 29.2 Å². The maximum absolute atomic E-state index is 12.8. The average molecular weight is 368 g/mol. The highest BCUT2D eigenvalue weighted by Gasteiger charge is 2.24. The molecule has 0 atom stereocenters. The lowest BCUT2D eigenvalue weighted by Crippen LogP contribution is -2.42. The molecule has 0 bridgehead atoms. The van der Waals surface area contributed by atoms with E-state index in [-0.39, 0.29) is 5.91 Å². The molecule has 1 amide bonds. The van der Waals surface area contributed by atoms with Crippen LogP contribution in [0.2, 0.25) is 5.02 Å². The number of amides is 1. The second-order valence-corrected chi connectivity index (χ2v) is 7.43. The number of piperidine rings is 1. The van der Waals surface area contributed by atoms with E-state index in [1.165, 1.54) is 5.56 Å². The Hall–Kier alpha value is -2.46. The molecule has 2 heterocycles. The molecule has 1 aliphatic rings. The normalized spacial score (nSPS) is 15.4. The van der Waals surface area contributed by atoms with Gasteiger partial charge in [-0.15, -0.1) is 0 Å². The van der Waals surface area contributed by atoms with Gasteiger partial charge in [0.1, 0.15) is 5.69 Å². The van der Waals surface area contributed by atoms with Crippen molar-refractivity contribution in [1.82, 2.24) is 9.88 Å². The van der Waals surface area contributed by atoms with Crippen molar-refractivity contribution in [1.29, 1.82) is 0 Å². The van der Waals surface area contributed by atoms with Crippen LogP contribution in [0, 0.1) is 6.92 Å². The maximum atomic E-state index is 12.8. The van der Waals surface area contributed by atoms with E-state index >= 15 is 0 Å². The third kappa shape index (κ3) is 3.56. The highest BCUT2D eigenvalue weighted by atomic mass is 35.5. The van der Waals surface area contributed by atoms with Gasteiger partial charge in [-0.05, 0) is 56.2 Å². The molecule has 134 valence electrons. The van der Waals surface area contributed by atoms with Crippen LogP contribution in [0.3, 0.4) is 0 Å². The Kier molecular flexibility index (Phi) is 4.60. The molecule has 5 heteroatoms. The summed E-state index contributed by atoms with van der Waals surface area (Å²) in [5.41, 5.74) is 3.98. The molecule has 1 fully saturated rings. The van der Waals surface area contributed by atoms with Crippen LogP contribution in [0.15, 0.2) is 48.5 Å². The fourth-order valence-corrected chi connectivity index (χ4v) is 3.68. The highest BCUT2D eigenvalue weighted by molar-refractivity contribution is 6.31. The van der Waals surface area contributed by atoms with Crippen LogP contribution >= 0.6 is 11.6 Å². The summed E-state index contributed by atoms with van der Waals surface area (Å²) in [4.78, 5) is 17.9. The Bertz CT molecular complexity index is 924.